The monoisotopic (exact) mass is 528 g/mol. The summed E-state index contributed by atoms with van der Waals surface area (Å²) >= 11 is 0. The first-order chi connectivity index (χ1) is 17.7. The molecule has 1 rings (SSSR count). The molecule has 17 heteroatoms. The fourth-order valence-corrected chi connectivity index (χ4v) is 3.02. The highest BCUT2D eigenvalue weighted by Gasteiger charge is 2.23. The molecule has 0 saturated heterocycles. The molecule has 1 heterocycles. The summed E-state index contributed by atoms with van der Waals surface area (Å²) in [5.74, 6) is 7.20. The zero-order chi connectivity index (χ0) is 27.6. The zero-order valence-corrected chi connectivity index (χ0v) is 20.1. The number of nitrogens with zero attached hydrogens (tertiary/aromatic N) is 1. The molecule has 206 valence electrons. The molecule has 7 amide bonds. The number of hydrogen-bond acceptors (Lipinski definition) is 11. The van der Waals surface area contributed by atoms with Gasteiger partial charge in [0.2, 0.25) is 17.7 Å². The number of unbranched alkanes of at least 4 members (excludes halogenated alkanes) is 1. The van der Waals surface area contributed by atoms with E-state index in [1.54, 1.807) is 0 Å². The van der Waals surface area contributed by atoms with Gasteiger partial charge >= 0.3 is 12.2 Å². The quantitative estimate of drug-likeness (QED) is 0.0595. The highest BCUT2D eigenvalue weighted by molar-refractivity contribution is 6.13. The normalized spacial score (nSPS) is 13.0. The molecule has 9 N–H and O–H groups in total. The van der Waals surface area contributed by atoms with Crippen LogP contribution in [0, 0.1) is 0 Å². The highest BCUT2D eigenvalue weighted by Crippen LogP contribution is 2.04. The highest BCUT2D eigenvalue weighted by atomic mass is 16.7. The Labute approximate surface area is 211 Å². The van der Waals surface area contributed by atoms with Crippen molar-refractivity contribution < 1.29 is 43.2 Å². The molecular weight excluding hydrogens is 496 g/mol. The van der Waals surface area contributed by atoms with Crippen molar-refractivity contribution in [1.29, 1.82) is 0 Å². The first kappa shape index (κ1) is 30.8. The maximum atomic E-state index is 12.4. The van der Waals surface area contributed by atoms with E-state index in [1.807, 2.05) is 0 Å². The van der Waals surface area contributed by atoms with Crippen molar-refractivity contribution in [2.45, 2.75) is 38.1 Å². The van der Waals surface area contributed by atoms with Crippen LogP contribution >= 0.6 is 0 Å². The van der Waals surface area contributed by atoms with Gasteiger partial charge in [-0.2, -0.15) is 11.8 Å². The number of carbonyl (C=O) groups is 7. The van der Waals surface area contributed by atoms with Gasteiger partial charge in [0.25, 0.3) is 11.8 Å². The molecule has 0 fully saturated rings. The Kier molecular flexibility index (Phi) is 14.3. The number of nitrogens with one attached hydrogen (secondary N) is 5. The summed E-state index contributed by atoms with van der Waals surface area (Å²) < 4.78 is 0. The van der Waals surface area contributed by atoms with Gasteiger partial charge in [-0.1, -0.05) is 0 Å². The molecule has 0 bridgehead atoms. The van der Waals surface area contributed by atoms with Gasteiger partial charge in [-0.15, -0.1) is 0 Å². The van der Waals surface area contributed by atoms with E-state index in [-0.39, 0.29) is 52.0 Å². The minimum Gasteiger partial charge on any atom is -0.357 e. The summed E-state index contributed by atoms with van der Waals surface area (Å²) in [6.07, 6.45) is 1.41. The molecule has 1 atom stereocenters. The molecule has 37 heavy (non-hydrogen) atoms. The Morgan fingerprint density at radius 2 is 1.35 bits per heavy atom. The van der Waals surface area contributed by atoms with Gasteiger partial charge in [0.15, 0.2) is 0 Å². The fraction of sp³-hybridized carbons (Fsp3) is 0.550. The molecule has 1 unspecified atom stereocenters. The second-order valence-electron chi connectivity index (χ2n) is 7.58. The summed E-state index contributed by atoms with van der Waals surface area (Å²) in [7, 11) is 0. The van der Waals surface area contributed by atoms with Crippen LogP contribution in [0.1, 0.15) is 32.1 Å². The third kappa shape index (κ3) is 12.9. The predicted octanol–water partition coefficient (Wildman–Crippen LogP) is -3.22. The summed E-state index contributed by atoms with van der Waals surface area (Å²) in [6, 6.07) is -0.988. The second-order valence-corrected chi connectivity index (χ2v) is 7.58. The molecule has 1 aliphatic heterocycles. The van der Waals surface area contributed by atoms with Crippen LogP contribution in [0.15, 0.2) is 12.2 Å². The SMILES string of the molecule is NOC(=O)NCCCCC(NC(=O)ON)C(=O)NCCC(=O)NCCNC(=O)CCN1C(=O)C=CC1=O. The Balaban J connectivity index is 2.22. The number of imide groups is 1. The van der Waals surface area contributed by atoms with Gasteiger partial charge in [-0.3, -0.25) is 28.9 Å². The molecule has 0 spiro atoms. The number of rotatable bonds is 16. The molecule has 0 aromatic rings. The van der Waals surface area contributed by atoms with Crippen molar-refractivity contribution in [3.63, 3.8) is 0 Å². The van der Waals surface area contributed by atoms with Crippen molar-refractivity contribution >= 4 is 41.7 Å². The Morgan fingerprint density at radius 3 is 1.95 bits per heavy atom. The molecular formula is C20H32N8O9. The van der Waals surface area contributed by atoms with Crippen LogP contribution in [0.2, 0.25) is 0 Å². The van der Waals surface area contributed by atoms with E-state index in [0.717, 1.165) is 17.1 Å². The topological polar surface area (TPSA) is 253 Å². The van der Waals surface area contributed by atoms with Crippen molar-refractivity contribution in [2.24, 2.45) is 11.8 Å². The number of amides is 7. The molecule has 0 aromatic carbocycles. The van der Waals surface area contributed by atoms with E-state index in [1.165, 1.54) is 0 Å². The first-order valence-corrected chi connectivity index (χ1v) is 11.3. The standard InChI is InChI=1S/C20H32N8O9/c21-36-19(34)26-8-2-1-3-13(27-20(35)37-22)18(33)25-9-6-14(29)23-10-11-24-15(30)7-12-28-16(31)4-5-17(28)32/h4-5,13H,1-3,6-12,21-22H2,(H,23,29)(H,24,30)(H,25,33)(H,26,34)(H,27,35). The van der Waals surface area contributed by atoms with E-state index >= 15 is 0 Å². The van der Waals surface area contributed by atoms with Crippen LogP contribution in [-0.4, -0.2) is 85.4 Å². The number of hydrogen-bond donors (Lipinski definition) is 7. The van der Waals surface area contributed by atoms with Crippen LogP contribution < -0.4 is 38.4 Å². The first-order valence-electron chi connectivity index (χ1n) is 11.3. The molecule has 1 aliphatic rings. The summed E-state index contributed by atoms with van der Waals surface area (Å²) in [6.45, 7) is 0.424. The van der Waals surface area contributed by atoms with Crippen molar-refractivity contribution in [3.05, 3.63) is 12.2 Å². The van der Waals surface area contributed by atoms with Crippen molar-refractivity contribution in [1.82, 2.24) is 31.5 Å². The third-order valence-corrected chi connectivity index (χ3v) is 4.90. The lowest BCUT2D eigenvalue weighted by Gasteiger charge is -2.17. The zero-order valence-electron chi connectivity index (χ0n) is 20.1. The molecule has 17 nitrogen and oxygen atoms in total. The van der Waals surface area contributed by atoms with E-state index in [4.69, 9.17) is 11.8 Å². The maximum Gasteiger partial charge on any atom is 0.426 e. The molecule has 0 radical (unpaired) electrons. The molecule has 0 aromatic heterocycles. The van der Waals surface area contributed by atoms with Crippen molar-refractivity contribution in [3.8, 4) is 0 Å². The predicted molar refractivity (Wildman–Crippen MR) is 124 cm³/mol. The van der Waals surface area contributed by atoms with Crippen LogP contribution in [0.25, 0.3) is 0 Å². The Bertz CT molecular complexity index is 862. The minimum absolute atomic E-state index is 0.0251. The van der Waals surface area contributed by atoms with Crippen molar-refractivity contribution in [2.75, 3.05) is 32.7 Å². The lowest BCUT2D eigenvalue weighted by Crippen LogP contribution is -2.48. The van der Waals surface area contributed by atoms with E-state index in [2.05, 4.69) is 36.3 Å². The van der Waals surface area contributed by atoms with Gasteiger partial charge in [0.1, 0.15) is 6.04 Å². The maximum absolute atomic E-state index is 12.4. The number of carbonyl (C=O) groups excluding carboxylic acids is 7. The number of nitrogens with two attached hydrogens (primary N) is 2. The average molecular weight is 529 g/mol. The lowest BCUT2D eigenvalue weighted by molar-refractivity contribution is -0.137. The van der Waals surface area contributed by atoms with Crippen LogP contribution in [0.4, 0.5) is 9.59 Å². The molecule has 0 aliphatic carbocycles. The molecule has 0 saturated carbocycles. The van der Waals surface area contributed by atoms with Crippen LogP contribution in [0.5, 0.6) is 0 Å². The van der Waals surface area contributed by atoms with E-state index in [0.29, 0.717) is 12.8 Å². The Morgan fingerprint density at radius 1 is 0.757 bits per heavy atom. The lowest BCUT2D eigenvalue weighted by atomic mass is 10.1. The average Bonchev–Trinajstić information content (AvgIpc) is 3.20. The Hall–Kier alpha value is -4.25. The van der Waals surface area contributed by atoms with E-state index in [9.17, 15) is 33.6 Å². The van der Waals surface area contributed by atoms with Crippen LogP contribution in [0.3, 0.4) is 0 Å². The summed E-state index contributed by atoms with van der Waals surface area (Å²) in [4.78, 5) is 90.2. The third-order valence-electron chi connectivity index (χ3n) is 4.90. The largest absolute Gasteiger partial charge is 0.426 e. The minimum atomic E-state index is -1.01. The smallest absolute Gasteiger partial charge is 0.357 e. The van der Waals surface area contributed by atoms with Gasteiger partial charge in [-0.25, -0.2) is 9.59 Å². The van der Waals surface area contributed by atoms with Gasteiger partial charge < -0.3 is 36.3 Å². The van der Waals surface area contributed by atoms with E-state index < -0.39 is 47.8 Å². The van der Waals surface area contributed by atoms with Crippen LogP contribution in [-0.2, 0) is 33.6 Å². The van der Waals surface area contributed by atoms with Gasteiger partial charge in [-0.05, 0) is 19.3 Å². The summed E-state index contributed by atoms with van der Waals surface area (Å²) in [5, 5.41) is 12.3. The van der Waals surface area contributed by atoms with Gasteiger partial charge in [0, 0.05) is 57.7 Å². The summed E-state index contributed by atoms with van der Waals surface area (Å²) in [5.41, 5.74) is 0. The second kappa shape index (κ2) is 17.2. The fourth-order valence-electron chi connectivity index (χ4n) is 3.02. The van der Waals surface area contributed by atoms with Gasteiger partial charge in [0.05, 0.1) is 0 Å².